The van der Waals surface area contributed by atoms with Crippen LogP contribution in [-0.4, -0.2) is 53.3 Å². The van der Waals surface area contributed by atoms with Gasteiger partial charge >= 0.3 is 5.97 Å². The van der Waals surface area contributed by atoms with E-state index in [1.54, 1.807) is 55.8 Å². The topological polar surface area (TPSA) is 93.2 Å². The van der Waals surface area contributed by atoms with E-state index in [1.807, 2.05) is 0 Å². The molecule has 2 aliphatic heterocycles. The molecule has 0 aromatic carbocycles. The Bertz CT molecular complexity index is 1010. The number of hydrogen-bond acceptors (Lipinski definition) is 6. The third-order valence-electron chi connectivity index (χ3n) is 6.67. The first-order valence-corrected chi connectivity index (χ1v) is 11.2. The smallest absolute Gasteiger partial charge is 0.311 e. The second-order valence-corrected chi connectivity index (χ2v) is 8.74. The molecular formula is C24H30N2O6. The highest BCUT2D eigenvalue weighted by molar-refractivity contribution is 6.01. The minimum atomic E-state index is -1.16. The van der Waals surface area contributed by atoms with Crippen LogP contribution in [-0.2, 0) is 14.3 Å². The van der Waals surface area contributed by atoms with Gasteiger partial charge in [0.15, 0.2) is 0 Å². The van der Waals surface area contributed by atoms with Crippen molar-refractivity contribution in [3.05, 3.63) is 47.3 Å². The SMILES string of the molecule is CCOC(=O)[C@H]1C[C@]2(CCCCN(C)C2=O)N(C(=O)c2cc(C)oc2C)[C@H]1c1ccco1. The van der Waals surface area contributed by atoms with Crippen molar-refractivity contribution in [1.29, 1.82) is 0 Å². The number of aryl methyl sites for hydroxylation is 2. The lowest BCUT2D eigenvalue weighted by atomic mass is 9.85. The molecule has 2 saturated heterocycles. The fourth-order valence-electron chi connectivity index (χ4n) is 5.30. The van der Waals surface area contributed by atoms with Crippen molar-refractivity contribution in [1.82, 2.24) is 9.80 Å². The number of likely N-dealkylation sites (N-methyl/N-ethyl adjacent to an activating group) is 1. The third kappa shape index (κ3) is 3.51. The summed E-state index contributed by atoms with van der Waals surface area (Å²) in [4.78, 5) is 44.2. The number of rotatable bonds is 4. The highest BCUT2D eigenvalue weighted by Crippen LogP contribution is 2.52. The van der Waals surface area contributed by atoms with Gasteiger partial charge in [0.2, 0.25) is 5.91 Å². The minimum Gasteiger partial charge on any atom is -0.467 e. The molecule has 2 fully saturated rings. The number of hydrogen-bond donors (Lipinski definition) is 0. The van der Waals surface area contributed by atoms with E-state index in [9.17, 15) is 14.4 Å². The van der Waals surface area contributed by atoms with Crippen LogP contribution in [0.5, 0.6) is 0 Å². The van der Waals surface area contributed by atoms with Crippen molar-refractivity contribution in [2.24, 2.45) is 5.92 Å². The summed E-state index contributed by atoms with van der Waals surface area (Å²) in [5.74, 6) is -0.0708. The number of carbonyl (C=O) groups excluding carboxylic acids is 3. The zero-order chi connectivity index (χ0) is 23.0. The van der Waals surface area contributed by atoms with Crippen LogP contribution < -0.4 is 0 Å². The molecule has 3 atom stereocenters. The summed E-state index contributed by atoms with van der Waals surface area (Å²) in [7, 11) is 1.75. The van der Waals surface area contributed by atoms with Crippen LogP contribution in [0.4, 0.5) is 0 Å². The quantitative estimate of drug-likeness (QED) is 0.671. The van der Waals surface area contributed by atoms with Gasteiger partial charge in [-0.25, -0.2) is 0 Å². The molecule has 32 heavy (non-hydrogen) atoms. The van der Waals surface area contributed by atoms with Crippen LogP contribution in [0.15, 0.2) is 33.3 Å². The van der Waals surface area contributed by atoms with Gasteiger partial charge in [-0.05, 0) is 64.7 Å². The Balaban J connectivity index is 1.91. The highest BCUT2D eigenvalue weighted by atomic mass is 16.5. The lowest BCUT2D eigenvalue weighted by molar-refractivity contribution is -0.149. The van der Waals surface area contributed by atoms with Crippen molar-refractivity contribution < 1.29 is 28.0 Å². The lowest BCUT2D eigenvalue weighted by Crippen LogP contribution is -2.57. The van der Waals surface area contributed by atoms with Gasteiger partial charge in [-0.3, -0.25) is 14.4 Å². The van der Waals surface area contributed by atoms with Crippen LogP contribution in [0.3, 0.4) is 0 Å². The molecule has 2 aromatic heterocycles. The maximum absolute atomic E-state index is 14.1. The van der Waals surface area contributed by atoms with Gasteiger partial charge < -0.3 is 23.4 Å². The largest absolute Gasteiger partial charge is 0.467 e. The Morgan fingerprint density at radius 2 is 2.06 bits per heavy atom. The van der Waals surface area contributed by atoms with Gasteiger partial charge in [0.05, 0.1) is 24.4 Å². The Kier molecular flexibility index (Phi) is 5.88. The zero-order valence-corrected chi connectivity index (χ0v) is 19.1. The van der Waals surface area contributed by atoms with Crippen molar-refractivity contribution in [3.63, 3.8) is 0 Å². The van der Waals surface area contributed by atoms with Crippen LogP contribution in [0.25, 0.3) is 0 Å². The van der Waals surface area contributed by atoms with Crippen molar-refractivity contribution in [2.75, 3.05) is 20.2 Å². The first kappa shape index (κ1) is 22.2. The Morgan fingerprint density at radius 3 is 2.69 bits per heavy atom. The molecule has 0 aliphatic carbocycles. The molecule has 2 amide bonds. The maximum Gasteiger partial charge on any atom is 0.311 e. The number of furan rings is 2. The molecule has 2 aliphatic rings. The van der Waals surface area contributed by atoms with Gasteiger partial charge in [-0.2, -0.15) is 0 Å². The molecule has 0 saturated carbocycles. The van der Waals surface area contributed by atoms with E-state index in [2.05, 4.69) is 0 Å². The van der Waals surface area contributed by atoms with E-state index in [1.165, 1.54) is 6.26 Å². The van der Waals surface area contributed by atoms with Crippen LogP contribution in [0.2, 0.25) is 0 Å². The molecule has 8 nitrogen and oxygen atoms in total. The average molecular weight is 443 g/mol. The van der Waals surface area contributed by atoms with E-state index in [0.717, 1.165) is 12.8 Å². The standard InChI is InChI=1S/C24H30N2O6/c1-5-30-22(28)18-14-24(10-6-7-11-25(4)23(24)29)26(20(18)19-9-8-12-31-19)21(27)17-13-15(2)32-16(17)3/h8-9,12-13,18,20H,5-7,10-11,14H2,1-4H3/t18-,20+,24-/m0/s1. The molecule has 2 aromatic rings. The monoisotopic (exact) mass is 442 g/mol. The van der Waals surface area contributed by atoms with E-state index < -0.39 is 23.5 Å². The molecule has 0 bridgehead atoms. The molecule has 0 N–H and O–H groups in total. The second kappa shape index (κ2) is 8.48. The van der Waals surface area contributed by atoms with Crippen molar-refractivity contribution in [2.45, 2.75) is 58.0 Å². The van der Waals surface area contributed by atoms with Gasteiger partial charge in [-0.1, -0.05) is 0 Å². The van der Waals surface area contributed by atoms with Crippen molar-refractivity contribution >= 4 is 17.8 Å². The number of nitrogens with zero attached hydrogens (tertiary/aromatic N) is 2. The molecule has 0 unspecified atom stereocenters. The van der Waals surface area contributed by atoms with Gasteiger partial charge in [-0.15, -0.1) is 0 Å². The highest BCUT2D eigenvalue weighted by Gasteiger charge is 2.62. The maximum atomic E-state index is 14.1. The Morgan fingerprint density at radius 1 is 1.28 bits per heavy atom. The van der Waals surface area contributed by atoms with Gasteiger partial charge in [0, 0.05) is 13.6 Å². The van der Waals surface area contributed by atoms with E-state index in [0.29, 0.717) is 35.8 Å². The number of carbonyl (C=O) groups is 3. The second-order valence-electron chi connectivity index (χ2n) is 8.74. The molecule has 0 radical (unpaired) electrons. The van der Waals surface area contributed by atoms with Crippen LogP contribution in [0.1, 0.15) is 66.3 Å². The predicted molar refractivity (Wildman–Crippen MR) is 115 cm³/mol. The summed E-state index contributed by atoms with van der Waals surface area (Å²) in [6, 6.07) is 4.41. The first-order chi connectivity index (χ1) is 15.3. The summed E-state index contributed by atoms with van der Waals surface area (Å²) < 4.78 is 16.7. The zero-order valence-electron chi connectivity index (χ0n) is 19.1. The molecule has 8 heteroatoms. The molecular weight excluding hydrogens is 412 g/mol. The number of amides is 2. The minimum absolute atomic E-state index is 0.149. The van der Waals surface area contributed by atoms with Crippen LogP contribution >= 0.6 is 0 Å². The third-order valence-corrected chi connectivity index (χ3v) is 6.67. The molecule has 4 rings (SSSR count). The summed E-state index contributed by atoms with van der Waals surface area (Å²) in [5.41, 5.74) is -0.767. The lowest BCUT2D eigenvalue weighted by Gasteiger charge is -2.40. The first-order valence-electron chi connectivity index (χ1n) is 11.2. The fraction of sp³-hybridized carbons (Fsp3) is 0.542. The summed E-state index contributed by atoms with van der Waals surface area (Å²) in [5, 5.41) is 0. The van der Waals surface area contributed by atoms with E-state index >= 15 is 0 Å². The average Bonchev–Trinajstić information content (AvgIpc) is 3.45. The Labute approximate surface area is 187 Å². The summed E-state index contributed by atoms with van der Waals surface area (Å²) in [6.07, 6.45) is 3.79. The fourth-order valence-corrected chi connectivity index (χ4v) is 5.30. The molecule has 1 spiro atoms. The predicted octanol–water partition coefficient (Wildman–Crippen LogP) is 3.64. The van der Waals surface area contributed by atoms with E-state index in [4.69, 9.17) is 13.6 Å². The number of esters is 1. The molecule has 172 valence electrons. The van der Waals surface area contributed by atoms with Gasteiger partial charge in [0.1, 0.15) is 28.9 Å². The number of likely N-dealkylation sites (tertiary alicyclic amines) is 2. The number of ether oxygens (including phenoxy) is 1. The summed E-state index contributed by atoms with van der Waals surface area (Å²) in [6.45, 7) is 6.08. The van der Waals surface area contributed by atoms with E-state index in [-0.39, 0.29) is 24.8 Å². The Hall–Kier alpha value is -3.03. The van der Waals surface area contributed by atoms with Crippen LogP contribution in [0, 0.1) is 19.8 Å². The normalized spacial score (nSPS) is 25.9. The van der Waals surface area contributed by atoms with Crippen molar-refractivity contribution in [3.8, 4) is 0 Å². The summed E-state index contributed by atoms with van der Waals surface area (Å²) >= 11 is 0. The molecule has 4 heterocycles. The van der Waals surface area contributed by atoms with Gasteiger partial charge in [0.25, 0.3) is 5.91 Å².